The fourth-order valence-electron chi connectivity index (χ4n) is 2.01. The molecule has 1 aromatic carbocycles. The zero-order valence-corrected chi connectivity index (χ0v) is 14.3. The first-order valence-electron chi connectivity index (χ1n) is 6.75. The Morgan fingerprint density at radius 3 is 2.71 bits per heavy atom. The fraction of sp³-hybridized carbons (Fsp3) is 0.143. The molecule has 10 heteroatoms. The number of hydrogen-bond donors (Lipinski definition) is 1. The number of aryl methyl sites for hydroxylation is 1. The van der Waals surface area contributed by atoms with Gasteiger partial charge in [0.2, 0.25) is 5.82 Å². The third-order valence-electron chi connectivity index (χ3n) is 3.25. The lowest BCUT2D eigenvalue weighted by Gasteiger charge is -2.07. The van der Waals surface area contributed by atoms with Crippen LogP contribution in [0.25, 0.3) is 5.78 Å². The molecule has 2 aromatic heterocycles. The summed E-state index contributed by atoms with van der Waals surface area (Å²) in [6, 6.07) is 5.78. The summed E-state index contributed by atoms with van der Waals surface area (Å²) < 4.78 is 24.7. The van der Waals surface area contributed by atoms with E-state index < -0.39 is 15.7 Å². The van der Waals surface area contributed by atoms with E-state index in [1.807, 2.05) is 0 Å². The van der Waals surface area contributed by atoms with Crippen LogP contribution in [-0.2, 0) is 9.84 Å². The molecule has 24 heavy (non-hydrogen) atoms. The number of nitrogens with one attached hydrogen (secondary N) is 1. The van der Waals surface area contributed by atoms with Crippen LogP contribution in [0.2, 0.25) is 5.02 Å². The first kappa shape index (κ1) is 16.3. The number of anilines is 1. The Labute approximate surface area is 142 Å². The highest BCUT2D eigenvalue weighted by molar-refractivity contribution is 7.90. The number of amides is 1. The second-order valence-corrected chi connectivity index (χ2v) is 7.52. The summed E-state index contributed by atoms with van der Waals surface area (Å²) in [7, 11) is -3.42. The van der Waals surface area contributed by atoms with Gasteiger partial charge in [-0.25, -0.2) is 17.9 Å². The Hall–Kier alpha value is -2.52. The van der Waals surface area contributed by atoms with E-state index in [2.05, 4.69) is 20.4 Å². The van der Waals surface area contributed by atoms with Gasteiger partial charge in [0.1, 0.15) is 0 Å². The number of rotatable bonds is 3. The van der Waals surface area contributed by atoms with Crippen molar-refractivity contribution in [1.82, 2.24) is 19.6 Å². The Morgan fingerprint density at radius 2 is 2.04 bits per heavy atom. The number of sulfone groups is 1. The number of benzene rings is 1. The van der Waals surface area contributed by atoms with Crippen LogP contribution in [0.15, 0.2) is 35.4 Å². The molecular formula is C14H12ClN5O3S. The van der Waals surface area contributed by atoms with E-state index >= 15 is 0 Å². The average Bonchev–Trinajstić information content (AvgIpc) is 2.94. The third-order valence-corrected chi connectivity index (χ3v) is 4.69. The zero-order chi connectivity index (χ0) is 17.5. The van der Waals surface area contributed by atoms with E-state index in [-0.39, 0.29) is 27.2 Å². The minimum absolute atomic E-state index is 0.0441. The molecule has 2 heterocycles. The quantitative estimate of drug-likeness (QED) is 0.757. The molecule has 3 aromatic rings. The second-order valence-electron chi connectivity index (χ2n) is 5.10. The molecule has 0 radical (unpaired) electrons. The molecule has 3 rings (SSSR count). The summed E-state index contributed by atoms with van der Waals surface area (Å²) in [5.74, 6) is -0.429. The van der Waals surface area contributed by atoms with Crippen LogP contribution in [0, 0.1) is 6.92 Å². The zero-order valence-electron chi connectivity index (χ0n) is 12.7. The van der Waals surface area contributed by atoms with E-state index in [9.17, 15) is 13.2 Å². The van der Waals surface area contributed by atoms with Crippen LogP contribution in [0.5, 0.6) is 0 Å². The van der Waals surface area contributed by atoms with Crippen LogP contribution in [0.3, 0.4) is 0 Å². The highest BCUT2D eigenvalue weighted by atomic mass is 35.5. The number of carbonyl (C=O) groups is 1. The maximum atomic E-state index is 12.3. The first-order valence-corrected chi connectivity index (χ1v) is 9.02. The van der Waals surface area contributed by atoms with Crippen molar-refractivity contribution < 1.29 is 13.2 Å². The van der Waals surface area contributed by atoms with Gasteiger partial charge in [-0.1, -0.05) is 11.6 Å². The van der Waals surface area contributed by atoms with Crippen LogP contribution in [0.4, 0.5) is 5.69 Å². The van der Waals surface area contributed by atoms with E-state index in [1.165, 1.54) is 22.7 Å². The molecule has 0 spiro atoms. The molecule has 0 aliphatic rings. The lowest BCUT2D eigenvalue weighted by atomic mass is 10.3. The maximum absolute atomic E-state index is 12.3. The number of hydrogen-bond acceptors (Lipinski definition) is 6. The molecule has 0 saturated carbocycles. The van der Waals surface area contributed by atoms with Gasteiger partial charge in [-0.05, 0) is 31.2 Å². The summed E-state index contributed by atoms with van der Waals surface area (Å²) in [6.07, 6.45) is 2.63. The van der Waals surface area contributed by atoms with Crippen molar-refractivity contribution in [3.63, 3.8) is 0 Å². The summed E-state index contributed by atoms with van der Waals surface area (Å²) in [5, 5.41) is 6.80. The standard InChI is InChI=1S/C14H12ClN5O3S/c1-8-5-6-16-14-18-12(19-20(8)14)13(21)17-11-7-9(24(2,22)23)3-4-10(11)15/h3-7H,1-2H3,(H,17,21). The predicted molar refractivity (Wildman–Crippen MR) is 88.0 cm³/mol. The highest BCUT2D eigenvalue weighted by Crippen LogP contribution is 2.25. The van der Waals surface area contributed by atoms with Crippen molar-refractivity contribution in [2.24, 2.45) is 0 Å². The van der Waals surface area contributed by atoms with Crippen LogP contribution < -0.4 is 5.32 Å². The Balaban J connectivity index is 1.95. The smallest absolute Gasteiger partial charge is 0.295 e. The van der Waals surface area contributed by atoms with Gasteiger partial charge in [-0.3, -0.25) is 4.79 Å². The summed E-state index contributed by atoms with van der Waals surface area (Å²) >= 11 is 6.01. The Bertz CT molecular complexity index is 1060. The van der Waals surface area contributed by atoms with Crippen LogP contribution in [-0.4, -0.2) is 40.2 Å². The van der Waals surface area contributed by atoms with Crippen molar-refractivity contribution in [3.8, 4) is 0 Å². The lowest BCUT2D eigenvalue weighted by molar-refractivity contribution is 0.101. The SMILES string of the molecule is Cc1ccnc2nc(C(=O)Nc3cc(S(C)(=O)=O)ccc3Cl)nn12. The van der Waals surface area contributed by atoms with Gasteiger partial charge < -0.3 is 5.32 Å². The molecule has 124 valence electrons. The van der Waals surface area contributed by atoms with Gasteiger partial charge in [0.05, 0.1) is 15.6 Å². The van der Waals surface area contributed by atoms with E-state index in [0.717, 1.165) is 11.9 Å². The minimum Gasteiger partial charge on any atom is -0.318 e. The first-order chi connectivity index (χ1) is 11.3. The molecule has 0 aliphatic heterocycles. The van der Waals surface area contributed by atoms with Gasteiger partial charge in [0.25, 0.3) is 11.7 Å². The van der Waals surface area contributed by atoms with Crippen molar-refractivity contribution in [2.75, 3.05) is 11.6 Å². The largest absolute Gasteiger partial charge is 0.318 e. The van der Waals surface area contributed by atoms with E-state index in [4.69, 9.17) is 11.6 Å². The molecule has 0 aliphatic carbocycles. The predicted octanol–water partition coefficient (Wildman–Crippen LogP) is 1.74. The van der Waals surface area contributed by atoms with Crippen molar-refractivity contribution in [2.45, 2.75) is 11.8 Å². The molecule has 0 atom stereocenters. The number of fused-ring (bicyclic) bond motifs is 1. The number of nitrogens with zero attached hydrogens (tertiary/aromatic N) is 4. The summed E-state index contributed by atoms with van der Waals surface area (Å²) in [6.45, 7) is 1.80. The van der Waals surface area contributed by atoms with Crippen molar-refractivity contribution in [3.05, 3.63) is 47.0 Å². The van der Waals surface area contributed by atoms with Gasteiger partial charge in [0, 0.05) is 18.1 Å². The van der Waals surface area contributed by atoms with Crippen molar-refractivity contribution in [1.29, 1.82) is 0 Å². The molecule has 0 fully saturated rings. The summed E-state index contributed by atoms with van der Waals surface area (Å²) in [4.78, 5) is 20.4. The van der Waals surface area contributed by atoms with Gasteiger partial charge in [-0.2, -0.15) is 4.98 Å². The number of carbonyl (C=O) groups excluding carboxylic acids is 1. The molecule has 8 nitrogen and oxygen atoms in total. The van der Waals surface area contributed by atoms with E-state index in [0.29, 0.717) is 0 Å². The topological polar surface area (TPSA) is 106 Å². The van der Waals surface area contributed by atoms with Crippen molar-refractivity contribution >= 4 is 38.8 Å². The average molecular weight is 366 g/mol. The van der Waals surface area contributed by atoms with Gasteiger partial charge in [-0.15, -0.1) is 5.10 Å². The van der Waals surface area contributed by atoms with Crippen LogP contribution in [0.1, 0.15) is 16.3 Å². The highest BCUT2D eigenvalue weighted by Gasteiger charge is 2.17. The molecule has 1 N–H and O–H groups in total. The molecule has 0 unspecified atom stereocenters. The number of halogens is 1. The molecular weight excluding hydrogens is 354 g/mol. The number of aromatic nitrogens is 4. The molecule has 0 bridgehead atoms. The van der Waals surface area contributed by atoms with Crippen LogP contribution >= 0.6 is 11.6 Å². The molecule has 0 saturated heterocycles. The lowest BCUT2D eigenvalue weighted by Crippen LogP contribution is -2.15. The minimum atomic E-state index is -3.42. The van der Waals surface area contributed by atoms with Gasteiger partial charge >= 0.3 is 0 Å². The Morgan fingerprint density at radius 1 is 1.29 bits per heavy atom. The molecule has 1 amide bonds. The third kappa shape index (κ3) is 3.08. The van der Waals surface area contributed by atoms with E-state index in [1.54, 1.807) is 19.2 Å². The second kappa shape index (κ2) is 5.84. The maximum Gasteiger partial charge on any atom is 0.295 e. The Kier molecular flexibility index (Phi) is 3.98. The normalized spacial score (nSPS) is 11.6. The fourth-order valence-corrected chi connectivity index (χ4v) is 2.82. The monoisotopic (exact) mass is 365 g/mol. The summed E-state index contributed by atoms with van der Waals surface area (Å²) in [5.41, 5.74) is 0.928. The van der Waals surface area contributed by atoms with Gasteiger partial charge in [0.15, 0.2) is 9.84 Å².